The Labute approximate surface area is 184 Å². The molecule has 0 fully saturated rings. The molecule has 0 aliphatic rings. The van der Waals surface area contributed by atoms with Crippen molar-refractivity contribution in [2.45, 2.75) is 24.8 Å². The van der Waals surface area contributed by atoms with Crippen LogP contribution in [0.5, 0.6) is 0 Å². The van der Waals surface area contributed by atoms with Gasteiger partial charge >= 0.3 is 18.3 Å². The molecule has 1 atom stereocenters. The van der Waals surface area contributed by atoms with E-state index >= 15 is 0 Å². The lowest BCUT2D eigenvalue weighted by Crippen LogP contribution is -2.43. The molecule has 0 bridgehead atoms. The van der Waals surface area contributed by atoms with Gasteiger partial charge in [0.1, 0.15) is 6.04 Å². The highest BCUT2D eigenvalue weighted by molar-refractivity contribution is 5.97. The van der Waals surface area contributed by atoms with Gasteiger partial charge < -0.3 is 10.1 Å². The van der Waals surface area contributed by atoms with Crippen LogP contribution in [0.1, 0.15) is 27.0 Å². The zero-order chi connectivity index (χ0) is 24.4. The number of carbonyl (C=O) groups excluding carboxylic acids is 2. The Bertz CT molecular complexity index is 1150. The monoisotopic (exact) mass is 469 g/mol. The van der Waals surface area contributed by atoms with Crippen LogP contribution in [0.3, 0.4) is 0 Å². The Kier molecular flexibility index (Phi) is 6.66. The largest absolute Gasteiger partial charge is 0.467 e. The van der Waals surface area contributed by atoms with Crippen molar-refractivity contribution < 1.29 is 40.7 Å². The molecule has 3 aromatic rings. The highest BCUT2D eigenvalue weighted by Gasteiger charge is 2.37. The van der Waals surface area contributed by atoms with Crippen molar-refractivity contribution in [3.63, 3.8) is 0 Å². The number of halogens is 6. The molecule has 0 saturated heterocycles. The predicted molar refractivity (Wildman–Crippen MR) is 107 cm³/mol. The molecule has 10 heteroatoms. The second-order valence-corrected chi connectivity index (χ2v) is 7.23. The lowest BCUT2D eigenvalue weighted by molar-refractivity contribution is -0.144. The van der Waals surface area contributed by atoms with Gasteiger partial charge in [-0.2, -0.15) is 26.3 Å². The predicted octanol–water partition coefficient (Wildman–Crippen LogP) is 5.39. The van der Waals surface area contributed by atoms with E-state index in [9.17, 15) is 35.9 Å². The second kappa shape index (κ2) is 9.13. The molecule has 0 heterocycles. The van der Waals surface area contributed by atoms with Crippen LogP contribution in [0.2, 0.25) is 0 Å². The maximum absolute atomic E-state index is 13.1. The fourth-order valence-corrected chi connectivity index (χ4v) is 3.26. The molecule has 4 nitrogen and oxygen atoms in total. The summed E-state index contributed by atoms with van der Waals surface area (Å²) in [6, 6.07) is 11.7. The van der Waals surface area contributed by atoms with Gasteiger partial charge in [0.2, 0.25) is 0 Å². The quantitative estimate of drug-likeness (QED) is 0.403. The average Bonchev–Trinajstić information content (AvgIpc) is 2.76. The van der Waals surface area contributed by atoms with Gasteiger partial charge in [0.15, 0.2) is 0 Å². The van der Waals surface area contributed by atoms with Crippen LogP contribution in [0, 0.1) is 0 Å². The molecule has 0 unspecified atom stereocenters. The van der Waals surface area contributed by atoms with Crippen LogP contribution in [-0.4, -0.2) is 25.0 Å². The molecule has 0 spiro atoms. The van der Waals surface area contributed by atoms with Gasteiger partial charge in [-0.25, -0.2) is 4.79 Å². The van der Waals surface area contributed by atoms with Gasteiger partial charge in [-0.1, -0.05) is 42.5 Å². The minimum atomic E-state index is -5.11. The van der Waals surface area contributed by atoms with Crippen LogP contribution >= 0.6 is 0 Å². The summed E-state index contributed by atoms with van der Waals surface area (Å²) < 4.78 is 83.2. The SMILES string of the molecule is COC(=O)[C@H](Cc1ccc2ccccc2c1)NC(=O)c1cc(C(F)(F)F)cc(C(F)(F)F)c1. The fourth-order valence-electron chi connectivity index (χ4n) is 3.26. The number of methoxy groups -OCH3 is 1. The lowest BCUT2D eigenvalue weighted by atomic mass is 10.0. The third kappa shape index (κ3) is 5.82. The van der Waals surface area contributed by atoms with Crippen LogP contribution in [0.4, 0.5) is 26.3 Å². The summed E-state index contributed by atoms with van der Waals surface area (Å²) in [4.78, 5) is 24.8. The number of hydrogen-bond acceptors (Lipinski definition) is 3. The molecule has 1 N–H and O–H groups in total. The van der Waals surface area contributed by atoms with Crippen molar-refractivity contribution in [2.75, 3.05) is 7.11 Å². The van der Waals surface area contributed by atoms with E-state index in [2.05, 4.69) is 10.1 Å². The molecular formula is C23H17F6NO3. The Morgan fingerprint density at radius 2 is 1.42 bits per heavy atom. The molecule has 0 radical (unpaired) electrons. The van der Waals surface area contributed by atoms with Crippen LogP contribution in [0.15, 0.2) is 60.7 Å². The van der Waals surface area contributed by atoms with Gasteiger partial charge in [-0.15, -0.1) is 0 Å². The Morgan fingerprint density at radius 1 is 0.848 bits per heavy atom. The van der Waals surface area contributed by atoms with Gasteiger partial charge in [-0.05, 0) is 34.5 Å². The number of esters is 1. The first kappa shape index (κ1) is 24.1. The third-order valence-electron chi connectivity index (χ3n) is 4.89. The lowest BCUT2D eigenvalue weighted by Gasteiger charge is -2.18. The molecule has 3 rings (SSSR count). The van der Waals surface area contributed by atoms with Crippen molar-refractivity contribution >= 4 is 22.6 Å². The summed E-state index contributed by atoms with van der Waals surface area (Å²) in [7, 11) is 1.05. The number of fused-ring (bicyclic) bond motifs is 1. The summed E-state index contributed by atoms with van der Waals surface area (Å²) >= 11 is 0. The minimum Gasteiger partial charge on any atom is -0.467 e. The fraction of sp³-hybridized carbons (Fsp3) is 0.217. The number of alkyl halides is 6. The van der Waals surface area contributed by atoms with Crippen LogP contribution in [-0.2, 0) is 28.3 Å². The number of amides is 1. The smallest absolute Gasteiger partial charge is 0.416 e. The summed E-state index contributed by atoms with van der Waals surface area (Å²) in [5.41, 5.74) is -3.55. The number of rotatable bonds is 5. The maximum atomic E-state index is 13.1. The Balaban J connectivity index is 1.91. The van der Waals surface area contributed by atoms with Gasteiger partial charge in [0, 0.05) is 12.0 Å². The molecular weight excluding hydrogens is 452 g/mol. The number of hydrogen-bond donors (Lipinski definition) is 1. The molecule has 0 aliphatic heterocycles. The van der Waals surface area contributed by atoms with Gasteiger partial charge in [-0.3, -0.25) is 4.79 Å². The van der Waals surface area contributed by atoms with Crippen molar-refractivity contribution in [3.8, 4) is 0 Å². The van der Waals surface area contributed by atoms with Crippen LogP contribution < -0.4 is 5.32 Å². The van der Waals surface area contributed by atoms with Crippen molar-refractivity contribution in [1.29, 1.82) is 0 Å². The molecule has 0 saturated carbocycles. The van der Waals surface area contributed by atoms with E-state index in [-0.39, 0.29) is 12.5 Å². The topological polar surface area (TPSA) is 55.4 Å². The van der Waals surface area contributed by atoms with E-state index in [1.807, 2.05) is 18.2 Å². The van der Waals surface area contributed by atoms with E-state index in [4.69, 9.17) is 0 Å². The summed E-state index contributed by atoms with van der Waals surface area (Å²) in [5, 5.41) is 3.95. The minimum absolute atomic E-state index is 0.0797. The number of ether oxygens (including phenoxy) is 1. The summed E-state index contributed by atoms with van der Waals surface area (Å²) in [5.74, 6) is -2.18. The zero-order valence-corrected chi connectivity index (χ0v) is 17.1. The first-order chi connectivity index (χ1) is 15.4. The Morgan fingerprint density at radius 3 is 1.97 bits per heavy atom. The highest BCUT2D eigenvalue weighted by Crippen LogP contribution is 2.36. The second-order valence-electron chi connectivity index (χ2n) is 7.23. The van der Waals surface area contributed by atoms with E-state index in [0.717, 1.165) is 17.9 Å². The molecule has 0 aliphatic carbocycles. The number of carbonyl (C=O) groups is 2. The Hall–Kier alpha value is -3.56. The van der Waals surface area contributed by atoms with Crippen molar-refractivity contribution in [1.82, 2.24) is 5.32 Å². The molecule has 174 valence electrons. The van der Waals surface area contributed by atoms with E-state index < -0.39 is 47.0 Å². The van der Waals surface area contributed by atoms with E-state index in [0.29, 0.717) is 17.7 Å². The molecule has 33 heavy (non-hydrogen) atoms. The normalized spacial score (nSPS) is 12.9. The molecule has 1 amide bonds. The molecule has 0 aromatic heterocycles. The van der Waals surface area contributed by atoms with Gasteiger partial charge in [0.05, 0.1) is 18.2 Å². The maximum Gasteiger partial charge on any atom is 0.416 e. The van der Waals surface area contributed by atoms with Crippen molar-refractivity contribution in [3.05, 3.63) is 82.9 Å². The van der Waals surface area contributed by atoms with E-state index in [1.54, 1.807) is 24.3 Å². The average molecular weight is 469 g/mol. The third-order valence-corrected chi connectivity index (χ3v) is 4.89. The van der Waals surface area contributed by atoms with E-state index in [1.165, 1.54) is 0 Å². The number of nitrogens with one attached hydrogen (secondary N) is 1. The van der Waals surface area contributed by atoms with Gasteiger partial charge in [0.25, 0.3) is 5.91 Å². The summed E-state index contributed by atoms with van der Waals surface area (Å²) in [6.45, 7) is 0. The highest BCUT2D eigenvalue weighted by atomic mass is 19.4. The van der Waals surface area contributed by atoms with Crippen LogP contribution in [0.25, 0.3) is 10.8 Å². The standard InChI is InChI=1S/C23H17F6NO3/c1-33-21(32)19(9-13-6-7-14-4-2-3-5-15(14)8-13)30-20(31)16-10-17(22(24,25)26)12-18(11-16)23(27,28)29/h2-8,10-12,19H,9H2,1H3,(H,30,31)/t19-/m0/s1. The first-order valence-corrected chi connectivity index (χ1v) is 9.54. The first-order valence-electron chi connectivity index (χ1n) is 9.54. The zero-order valence-electron chi connectivity index (χ0n) is 17.1. The number of benzene rings is 3. The van der Waals surface area contributed by atoms with Crippen molar-refractivity contribution in [2.24, 2.45) is 0 Å². The molecule has 3 aromatic carbocycles. The summed E-state index contributed by atoms with van der Waals surface area (Å²) in [6.07, 6.45) is -10.3.